The van der Waals surface area contributed by atoms with Crippen molar-refractivity contribution in [2.75, 3.05) is 20.2 Å². The molecule has 0 bridgehead atoms. The van der Waals surface area contributed by atoms with Crippen molar-refractivity contribution in [2.45, 2.75) is 25.8 Å². The first-order valence-electron chi connectivity index (χ1n) is 7.20. The molecule has 3 rings (SSSR count). The summed E-state index contributed by atoms with van der Waals surface area (Å²) in [6.07, 6.45) is 6.14. The summed E-state index contributed by atoms with van der Waals surface area (Å²) in [5, 5.41) is 4.70. The highest BCUT2D eigenvalue weighted by atomic mass is 16.5. The summed E-state index contributed by atoms with van der Waals surface area (Å²) < 4.78 is 7.64. The quantitative estimate of drug-likeness (QED) is 0.912. The van der Waals surface area contributed by atoms with Crippen LogP contribution < -0.4 is 10.1 Å². The van der Waals surface area contributed by atoms with E-state index in [9.17, 15) is 0 Å². The van der Waals surface area contributed by atoms with E-state index in [0.29, 0.717) is 0 Å². The molecule has 3 heteroatoms. The predicted octanol–water partition coefficient (Wildman–Crippen LogP) is 3.04. The number of ether oxygens (including phenoxy) is 1. The standard InChI is InChI=1S/C16H22N2O/c1-19-15-2-3-16-14(12-15)7-11-18(16)10-6-13-4-8-17-9-5-13/h2-3,7,11-13,17H,4-6,8-10H2,1H3. The van der Waals surface area contributed by atoms with Crippen LogP contribution in [-0.2, 0) is 6.54 Å². The molecular weight excluding hydrogens is 236 g/mol. The molecule has 2 aromatic rings. The second-order valence-corrected chi connectivity index (χ2v) is 5.42. The Labute approximate surface area is 114 Å². The van der Waals surface area contributed by atoms with Crippen molar-refractivity contribution in [1.29, 1.82) is 0 Å². The molecule has 0 atom stereocenters. The Bertz CT molecular complexity index is 541. The third kappa shape index (κ3) is 2.76. The molecule has 1 aliphatic rings. The van der Waals surface area contributed by atoms with Crippen LogP contribution in [-0.4, -0.2) is 24.8 Å². The molecule has 0 spiro atoms. The number of piperidine rings is 1. The third-order valence-corrected chi connectivity index (χ3v) is 4.22. The van der Waals surface area contributed by atoms with Crippen molar-refractivity contribution in [3.05, 3.63) is 30.5 Å². The van der Waals surface area contributed by atoms with Gasteiger partial charge in [0.05, 0.1) is 7.11 Å². The van der Waals surface area contributed by atoms with Crippen molar-refractivity contribution < 1.29 is 4.74 Å². The van der Waals surface area contributed by atoms with Gasteiger partial charge in [0.2, 0.25) is 0 Å². The van der Waals surface area contributed by atoms with Gasteiger partial charge in [-0.15, -0.1) is 0 Å². The van der Waals surface area contributed by atoms with E-state index in [1.807, 2.05) is 6.07 Å². The zero-order valence-corrected chi connectivity index (χ0v) is 11.6. The largest absolute Gasteiger partial charge is 0.497 e. The van der Waals surface area contributed by atoms with Crippen LogP contribution in [0.25, 0.3) is 10.9 Å². The van der Waals surface area contributed by atoms with Crippen LogP contribution in [0.2, 0.25) is 0 Å². The summed E-state index contributed by atoms with van der Waals surface area (Å²) in [6.45, 7) is 3.50. The minimum Gasteiger partial charge on any atom is -0.497 e. The number of nitrogens with one attached hydrogen (secondary N) is 1. The SMILES string of the molecule is COc1ccc2c(ccn2CCC2CCNCC2)c1. The second kappa shape index (κ2) is 5.66. The molecule has 1 fully saturated rings. The molecule has 0 radical (unpaired) electrons. The number of nitrogens with zero attached hydrogens (tertiary/aromatic N) is 1. The van der Waals surface area contributed by atoms with Crippen molar-refractivity contribution in [3.63, 3.8) is 0 Å². The molecule has 3 nitrogen and oxygen atoms in total. The summed E-state index contributed by atoms with van der Waals surface area (Å²) >= 11 is 0. The van der Waals surface area contributed by atoms with E-state index in [2.05, 4.69) is 34.3 Å². The van der Waals surface area contributed by atoms with Gasteiger partial charge in [0.1, 0.15) is 5.75 Å². The van der Waals surface area contributed by atoms with Crippen LogP contribution in [0.4, 0.5) is 0 Å². The van der Waals surface area contributed by atoms with Gasteiger partial charge in [-0.05, 0) is 62.5 Å². The number of hydrogen-bond acceptors (Lipinski definition) is 2. The number of methoxy groups -OCH3 is 1. The lowest BCUT2D eigenvalue weighted by molar-refractivity contribution is 0.339. The number of hydrogen-bond donors (Lipinski definition) is 1. The van der Waals surface area contributed by atoms with Gasteiger partial charge in [-0.3, -0.25) is 0 Å². The maximum Gasteiger partial charge on any atom is 0.119 e. The summed E-state index contributed by atoms with van der Waals surface area (Å²) in [7, 11) is 1.72. The third-order valence-electron chi connectivity index (χ3n) is 4.22. The van der Waals surface area contributed by atoms with Crippen LogP contribution >= 0.6 is 0 Å². The molecule has 1 aliphatic heterocycles. The van der Waals surface area contributed by atoms with Crippen molar-refractivity contribution in [3.8, 4) is 5.75 Å². The van der Waals surface area contributed by atoms with E-state index in [1.54, 1.807) is 7.11 Å². The van der Waals surface area contributed by atoms with E-state index in [0.717, 1.165) is 18.2 Å². The average molecular weight is 258 g/mol. The molecule has 1 aromatic carbocycles. The highest BCUT2D eigenvalue weighted by molar-refractivity contribution is 5.81. The fraction of sp³-hybridized carbons (Fsp3) is 0.500. The lowest BCUT2D eigenvalue weighted by Gasteiger charge is -2.22. The smallest absolute Gasteiger partial charge is 0.119 e. The lowest BCUT2D eigenvalue weighted by Crippen LogP contribution is -2.28. The Kier molecular flexibility index (Phi) is 3.74. The van der Waals surface area contributed by atoms with Gasteiger partial charge in [0, 0.05) is 23.6 Å². The average Bonchev–Trinajstić information content (AvgIpc) is 2.88. The van der Waals surface area contributed by atoms with Crippen molar-refractivity contribution >= 4 is 10.9 Å². The second-order valence-electron chi connectivity index (χ2n) is 5.42. The Hall–Kier alpha value is -1.48. The molecule has 0 saturated carbocycles. The van der Waals surface area contributed by atoms with Crippen LogP contribution in [0, 0.1) is 5.92 Å². The van der Waals surface area contributed by atoms with E-state index in [1.165, 1.54) is 43.3 Å². The Morgan fingerprint density at radius 3 is 2.89 bits per heavy atom. The molecule has 102 valence electrons. The molecule has 2 heterocycles. The molecule has 1 saturated heterocycles. The van der Waals surface area contributed by atoms with E-state index in [4.69, 9.17) is 4.74 Å². The van der Waals surface area contributed by atoms with E-state index >= 15 is 0 Å². The molecule has 0 unspecified atom stereocenters. The first-order valence-corrected chi connectivity index (χ1v) is 7.20. The van der Waals surface area contributed by atoms with Crippen LogP contribution in [0.5, 0.6) is 5.75 Å². The van der Waals surface area contributed by atoms with E-state index in [-0.39, 0.29) is 0 Å². The van der Waals surface area contributed by atoms with Gasteiger partial charge in [0.15, 0.2) is 0 Å². The Morgan fingerprint density at radius 1 is 1.26 bits per heavy atom. The highest BCUT2D eigenvalue weighted by Gasteiger charge is 2.13. The minimum absolute atomic E-state index is 0.886. The van der Waals surface area contributed by atoms with Crippen molar-refractivity contribution in [2.24, 2.45) is 5.92 Å². The van der Waals surface area contributed by atoms with Crippen LogP contribution in [0.15, 0.2) is 30.5 Å². The van der Waals surface area contributed by atoms with Gasteiger partial charge >= 0.3 is 0 Å². The van der Waals surface area contributed by atoms with Gasteiger partial charge in [-0.2, -0.15) is 0 Å². The minimum atomic E-state index is 0.886. The topological polar surface area (TPSA) is 26.2 Å². The predicted molar refractivity (Wildman–Crippen MR) is 78.7 cm³/mol. The normalized spacial score (nSPS) is 16.9. The molecule has 19 heavy (non-hydrogen) atoms. The highest BCUT2D eigenvalue weighted by Crippen LogP contribution is 2.23. The lowest BCUT2D eigenvalue weighted by atomic mass is 9.95. The molecule has 0 aliphatic carbocycles. The molecule has 0 amide bonds. The monoisotopic (exact) mass is 258 g/mol. The van der Waals surface area contributed by atoms with Crippen molar-refractivity contribution in [1.82, 2.24) is 9.88 Å². The van der Waals surface area contributed by atoms with Gasteiger partial charge in [-0.1, -0.05) is 0 Å². The van der Waals surface area contributed by atoms with E-state index < -0.39 is 0 Å². The maximum absolute atomic E-state index is 5.27. The number of benzene rings is 1. The summed E-state index contributed by atoms with van der Waals surface area (Å²) in [5.41, 5.74) is 1.31. The van der Waals surface area contributed by atoms with Gasteiger partial charge < -0.3 is 14.6 Å². The Balaban J connectivity index is 1.70. The molecular formula is C16H22N2O. The molecule has 1 aromatic heterocycles. The number of fused-ring (bicyclic) bond motifs is 1. The van der Waals surface area contributed by atoms with Gasteiger partial charge in [-0.25, -0.2) is 0 Å². The fourth-order valence-corrected chi connectivity index (χ4v) is 2.99. The summed E-state index contributed by atoms with van der Waals surface area (Å²) in [5.74, 6) is 1.82. The summed E-state index contributed by atoms with van der Waals surface area (Å²) in [4.78, 5) is 0. The Morgan fingerprint density at radius 2 is 2.11 bits per heavy atom. The molecule has 1 N–H and O–H groups in total. The first kappa shape index (κ1) is 12.5. The summed E-state index contributed by atoms with van der Waals surface area (Å²) in [6, 6.07) is 8.50. The number of rotatable bonds is 4. The maximum atomic E-state index is 5.27. The zero-order valence-electron chi connectivity index (χ0n) is 11.6. The first-order chi connectivity index (χ1) is 9.36. The number of aromatic nitrogens is 1. The fourth-order valence-electron chi connectivity index (χ4n) is 2.99. The van der Waals surface area contributed by atoms with Crippen LogP contribution in [0.3, 0.4) is 0 Å². The van der Waals surface area contributed by atoms with Gasteiger partial charge in [0.25, 0.3) is 0 Å². The van der Waals surface area contributed by atoms with Crippen LogP contribution in [0.1, 0.15) is 19.3 Å². The number of aryl methyl sites for hydroxylation is 1. The zero-order chi connectivity index (χ0) is 13.1.